The standard InChI is InChI=1S/C10H17NO2/c1-10(2)6-8(11-3-4-12)5-9(13)7-10/h12H,3-7H2,1-2H3. The van der Waals surface area contributed by atoms with Gasteiger partial charge in [-0.3, -0.25) is 9.79 Å². The van der Waals surface area contributed by atoms with Crippen molar-refractivity contribution < 1.29 is 9.90 Å². The smallest absolute Gasteiger partial charge is 0.139 e. The molecule has 0 radical (unpaired) electrons. The van der Waals surface area contributed by atoms with E-state index < -0.39 is 0 Å². The molecule has 1 saturated carbocycles. The summed E-state index contributed by atoms with van der Waals surface area (Å²) in [5, 5.41) is 8.60. The largest absolute Gasteiger partial charge is 0.394 e. The Morgan fingerprint density at radius 2 is 2.15 bits per heavy atom. The number of carbonyl (C=O) groups is 1. The average molecular weight is 183 g/mol. The van der Waals surface area contributed by atoms with Crippen molar-refractivity contribution in [3.63, 3.8) is 0 Å². The molecule has 1 fully saturated rings. The minimum Gasteiger partial charge on any atom is -0.394 e. The zero-order chi connectivity index (χ0) is 9.90. The Bertz CT molecular complexity index is 231. The van der Waals surface area contributed by atoms with Gasteiger partial charge in [-0.2, -0.15) is 0 Å². The Balaban J connectivity index is 2.62. The van der Waals surface area contributed by atoms with Crippen LogP contribution in [0, 0.1) is 5.41 Å². The fourth-order valence-electron chi connectivity index (χ4n) is 1.82. The summed E-state index contributed by atoms with van der Waals surface area (Å²) >= 11 is 0. The summed E-state index contributed by atoms with van der Waals surface area (Å²) in [7, 11) is 0. The van der Waals surface area contributed by atoms with E-state index in [1.165, 1.54) is 0 Å². The Morgan fingerprint density at radius 3 is 2.69 bits per heavy atom. The molecule has 1 aliphatic rings. The number of nitrogens with zero attached hydrogens (tertiary/aromatic N) is 1. The summed E-state index contributed by atoms with van der Waals surface area (Å²) in [6, 6.07) is 0. The van der Waals surface area contributed by atoms with Crippen LogP contribution < -0.4 is 0 Å². The van der Waals surface area contributed by atoms with Gasteiger partial charge in [0.1, 0.15) is 5.78 Å². The molecule has 74 valence electrons. The molecule has 1 aliphatic carbocycles. The quantitative estimate of drug-likeness (QED) is 0.699. The Kier molecular flexibility index (Phi) is 3.20. The number of hydrogen-bond acceptors (Lipinski definition) is 3. The van der Waals surface area contributed by atoms with Gasteiger partial charge in [0.05, 0.1) is 13.2 Å². The molecule has 0 spiro atoms. The second-order valence-electron chi connectivity index (χ2n) is 4.40. The number of aliphatic hydroxyl groups excluding tert-OH is 1. The van der Waals surface area contributed by atoms with Crippen LogP contribution in [0.4, 0.5) is 0 Å². The lowest BCUT2D eigenvalue weighted by Gasteiger charge is -2.29. The Hall–Kier alpha value is -0.700. The van der Waals surface area contributed by atoms with Gasteiger partial charge in [-0.15, -0.1) is 0 Å². The number of hydrogen-bond donors (Lipinski definition) is 1. The Labute approximate surface area is 78.9 Å². The van der Waals surface area contributed by atoms with Crippen molar-refractivity contribution in [1.82, 2.24) is 0 Å². The van der Waals surface area contributed by atoms with Gasteiger partial charge >= 0.3 is 0 Å². The minimum absolute atomic E-state index is 0.0591. The molecule has 13 heavy (non-hydrogen) atoms. The van der Waals surface area contributed by atoms with Crippen molar-refractivity contribution in [2.24, 2.45) is 10.4 Å². The molecule has 1 N–H and O–H groups in total. The van der Waals surface area contributed by atoms with Gasteiger partial charge in [0.2, 0.25) is 0 Å². The van der Waals surface area contributed by atoms with Gasteiger partial charge < -0.3 is 5.11 Å². The van der Waals surface area contributed by atoms with Gasteiger partial charge in [-0.25, -0.2) is 0 Å². The molecule has 0 unspecified atom stereocenters. The molecule has 0 amide bonds. The first-order chi connectivity index (χ1) is 6.03. The molecule has 1 rings (SSSR count). The van der Waals surface area contributed by atoms with E-state index in [2.05, 4.69) is 18.8 Å². The molecule has 0 aliphatic heterocycles. The highest BCUT2D eigenvalue weighted by Crippen LogP contribution is 2.31. The van der Waals surface area contributed by atoms with E-state index in [-0.39, 0.29) is 17.8 Å². The summed E-state index contributed by atoms with van der Waals surface area (Å²) in [5.74, 6) is 0.271. The number of rotatable bonds is 2. The van der Waals surface area contributed by atoms with Crippen molar-refractivity contribution in [2.75, 3.05) is 13.2 Å². The highest BCUT2D eigenvalue weighted by molar-refractivity contribution is 6.04. The number of ketones is 1. The summed E-state index contributed by atoms with van der Waals surface area (Å²) in [4.78, 5) is 15.5. The molecule has 0 aromatic heterocycles. The molecular weight excluding hydrogens is 166 g/mol. The van der Waals surface area contributed by atoms with Gasteiger partial charge in [0, 0.05) is 18.6 Å². The lowest BCUT2D eigenvalue weighted by Crippen LogP contribution is -2.29. The van der Waals surface area contributed by atoms with E-state index in [1.807, 2.05) is 0 Å². The summed E-state index contributed by atoms with van der Waals surface area (Å²) < 4.78 is 0. The molecule has 0 atom stereocenters. The molecule has 0 saturated heterocycles. The van der Waals surface area contributed by atoms with Gasteiger partial charge in [-0.1, -0.05) is 13.8 Å². The SMILES string of the molecule is CC1(C)CC(=O)CC(=NCCO)C1. The maximum Gasteiger partial charge on any atom is 0.139 e. The molecule has 0 aromatic rings. The molecule has 0 heterocycles. The van der Waals surface area contributed by atoms with Crippen molar-refractivity contribution >= 4 is 11.5 Å². The number of carbonyl (C=O) groups excluding carboxylic acids is 1. The lowest BCUT2D eigenvalue weighted by molar-refractivity contribution is -0.120. The lowest BCUT2D eigenvalue weighted by atomic mass is 9.76. The summed E-state index contributed by atoms with van der Waals surface area (Å²) in [6.07, 6.45) is 2.04. The van der Waals surface area contributed by atoms with Crippen molar-refractivity contribution in [3.8, 4) is 0 Å². The second kappa shape index (κ2) is 4.01. The van der Waals surface area contributed by atoms with Crippen LogP contribution >= 0.6 is 0 Å². The topological polar surface area (TPSA) is 49.7 Å². The maximum atomic E-state index is 11.3. The second-order valence-corrected chi connectivity index (χ2v) is 4.40. The van der Waals surface area contributed by atoms with Crippen LogP contribution in [-0.2, 0) is 4.79 Å². The van der Waals surface area contributed by atoms with Crippen LogP contribution in [0.1, 0.15) is 33.1 Å². The van der Waals surface area contributed by atoms with Crippen molar-refractivity contribution in [2.45, 2.75) is 33.1 Å². The zero-order valence-corrected chi connectivity index (χ0v) is 8.34. The third kappa shape index (κ3) is 3.27. The Morgan fingerprint density at radius 1 is 1.46 bits per heavy atom. The van der Waals surface area contributed by atoms with E-state index in [1.54, 1.807) is 0 Å². The molecule has 0 aromatic carbocycles. The summed E-state index contributed by atoms with van der Waals surface area (Å²) in [5.41, 5.74) is 1.01. The number of aliphatic imine (C=N–C) groups is 1. The third-order valence-corrected chi connectivity index (χ3v) is 2.19. The van der Waals surface area contributed by atoms with Gasteiger partial charge in [-0.05, 0) is 11.8 Å². The van der Waals surface area contributed by atoms with Crippen molar-refractivity contribution in [1.29, 1.82) is 0 Å². The molecule has 0 bridgehead atoms. The fraction of sp³-hybridized carbons (Fsp3) is 0.800. The minimum atomic E-state index is 0.0591. The number of aliphatic hydroxyl groups is 1. The first-order valence-corrected chi connectivity index (χ1v) is 4.68. The van der Waals surface area contributed by atoms with Crippen LogP contribution in [0.3, 0.4) is 0 Å². The van der Waals surface area contributed by atoms with Gasteiger partial charge in [0.15, 0.2) is 0 Å². The predicted molar refractivity (Wildman–Crippen MR) is 52.0 cm³/mol. The van der Waals surface area contributed by atoms with Gasteiger partial charge in [0.25, 0.3) is 0 Å². The predicted octanol–water partition coefficient (Wildman–Crippen LogP) is 1.20. The van der Waals surface area contributed by atoms with Crippen molar-refractivity contribution in [3.05, 3.63) is 0 Å². The van der Waals surface area contributed by atoms with Crippen LogP contribution in [0.5, 0.6) is 0 Å². The zero-order valence-electron chi connectivity index (χ0n) is 8.34. The van der Waals surface area contributed by atoms with Crippen LogP contribution in [0.25, 0.3) is 0 Å². The highest BCUT2D eigenvalue weighted by atomic mass is 16.3. The van der Waals surface area contributed by atoms with E-state index in [4.69, 9.17) is 5.11 Å². The molecule has 3 heteroatoms. The fourth-order valence-corrected chi connectivity index (χ4v) is 1.82. The summed E-state index contributed by atoms with van der Waals surface area (Å²) in [6.45, 7) is 4.66. The van der Waals surface area contributed by atoms with E-state index in [0.29, 0.717) is 19.4 Å². The first kappa shape index (κ1) is 10.4. The highest BCUT2D eigenvalue weighted by Gasteiger charge is 2.29. The third-order valence-electron chi connectivity index (χ3n) is 2.19. The molecular formula is C10H17NO2. The maximum absolute atomic E-state index is 11.3. The number of Topliss-reactive ketones (excluding diaryl/α,β-unsaturated/α-hetero) is 1. The van der Waals surface area contributed by atoms with E-state index >= 15 is 0 Å². The normalized spacial score (nSPS) is 25.2. The average Bonchev–Trinajstić information content (AvgIpc) is 1.97. The first-order valence-electron chi connectivity index (χ1n) is 4.68. The van der Waals surface area contributed by atoms with E-state index in [0.717, 1.165) is 12.1 Å². The van der Waals surface area contributed by atoms with Crippen LogP contribution in [0.15, 0.2) is 4.99 Å². The van der Waals surface area contributed by atoms with Crippen LogP contribution in [0.2, 0.25) is 0 Å². The van der Waals surface area contributed by atoms with Crippen LogP contribution in [-0.4, -0.2) is 29.8 Å². The van der Waals surface area contributed by atoms with E-state index in [9.17, 15) is 4.79 Å². The molecule has 3 nitrogen and oxygen atoms in total. The monoisotopic (exact) mass is 183 g/mol.